The Morgan fingerprint density at radius 1 is 1.47 bits per heavy atom. The largest absolute Gasteiger partial charge is 0.424 e. The molecule has 0 amide bonds. The first-order valence-electron chi connectivity index (χ1n) is 4.00. The van der Waals surface area contributed by atoms with Crippen molar-refractivity contribution in [3.05, 3.63) is 29.3 Å². The molecule has 7 heteroatoms. The van der Waals surface area contributed by atoms with Gasteiger partial charge in [0.05, 0.1) is 11.0 Å². The monoisotopic (exact) mass is 269 g/mol. The third-order valence-electron chi connectivity index (χ3n) is 1.39. The number of hydrogen-bond donors (Lipinski definition) is 1. The Labute approximate surface area is 99.3 Å². The molecule has 0 saturated heterocycles. The van der Waals surface area contributed by atoms with Crippen LogP contribution in [0.4, 0.5) is 0 Å². The lowest BCUT2D eigenvalue weighted by molar-refractivity contribution is -0.0222. The summed E-state index contributed by atoms with van der Waals surface area (Å²) in [5.41, 5.74) is 0. The summed E-state index contributed by atoms with van der Waals surface area (Å²) >= 11 is 11.3. The number of nitrogens with zero attached hydrogens (tertiary/aromatic N) is 1. The number of benzene rings is 1. The van der Waals surface area contributed by atoms with E-state index in [1.54, 1.807) is 31.3 Å². The van der Waals surface area contributed by atoms with Crippen molar-refractivity contribution in [3.8, 4) is 5.75 Å². The Morgan fingerprint density at radius 3 is 2.73 bits per heavy atom. The fourth-order valence-electron chi connectivity index (χ4n) is 0.761. The van der Waals surface area contributed by atoms with Crippen LogP contribution < -0.4 is 4.52 Å². The molecule has 84 valence electrons. The van der Waals surface area contributed by atoms with Crippen LogP contribution >= 0.6 is 31.8 Å². The summed E-state index contributed by atoms with van der Waals surface area (Å²) in [6.45, 7) is 0. The number of hydroxylamine groups is 2. The van der Waals surface area contributed by atoms with E-state index < -0.39 is 8.60 Å². The molecule has 0 aliphatic heterocycles. The van der Waals surface area contributed by atoms with E-state index in [2.05, 4.69) is 0 Å². The molecule has 0 radical (unpaired) electrons. The van der Waals surface area contributed by atoms with Crippen LogP contribution in [0.2, 0.25) is 5.02 Å². The Kier molecular flexibility index (Phi) is 5.61. The molecule has 1 unspecified atom stereocenters. The minimum Gasteiger partial charge on any atom is -0.424 e. The van der Waals surface area contributed by atoms with Crippen LogP contribution in [-0.2, 0) is 4.62 Å². The number of rotatable bonds is 5. The molecule has 1 aromatic carbocycles. The van der Waals surface area contributed by atoms with Gasteiger partial charge in [0.1, 0.15) is 5.75 Å². The molecule has 1 atom stereocenters. The normalized spacial score (nSPS) is 12.9. The summed E-state index contributed by atoms with van der Waals surface area (Å²) in [7, 11) is -0.483. The summed E-state index contributed by atoms with van der Waals surface area (Å²) in [5.74, 6) is 0.371. The van der Waals surface area contributed by atoms with Crippen molar-refractivity contribution in [1.29, 1.82) is 0 Å². The molecule has 15 heavy (non-hydrogen) atoms. The minimum atomic E-state index is -2.06. The smallest absolute Gasteiger partial charge is 0.412 e. The van der Waals surface area contributed by atoms with Crippen LogP contribution in [-0.4, -0.2) is 23.0 Å². The zero-order valence-electron chi connectivity index (χ0n) is 7.93. The summed E-state index contributed by atoms with van der Waals surface area (Å²) in [4.78, 5) is 9.39. The van der Waals surface area contributed by atoms with E-state index in [9.17, 15) is 4.89 Å². The first-order valence-corrected chi connectivity index (χ1v) is 6.04. The molecule has 0 aromatic heterocycles. The highest BCUT2D eigenvalue weighted by Crippen LogP contribution is 2.38. The Bertz CT molecular complexity index is 316. The highest BCUT2D eigenvalue weighted by molar-refractivity contribution is 7.41. The molecule has 0 bridgehead atoms. The second kappa shape index (κ2) is 6.48. The number of hydrogen-bond acceptors (Lipinski definition) is 4. The zero-order chi connectivity index (χ0) is 11.3. The quantitative estimate of drug-likeness (QED) is 0.386. The highest BCUT2D eigenvalue weighted by atomic mass is 35.5. The van der Waals surface area contributed by atoms with E-state index in [1.165, 1.54) is 5.06 Å². The van der Waals surface area contributed by atoms with E-state index in [0.29, 0.717) is 10.8 Å². The van der Waals surface area contributed by atoms with E-state index in [0.717, 1.165) is 0 Å². The lowest BCUT2D eigenvalue weighted by Gasteiger charge is -2.16. The van der Waals surface area contributed by atoms with Crippen molar-refractivity contribution in [3.63, 3.8) is 0 Å². The molecule has 4 nitrogen and oxygen atoms in total. The number of para-hydroxylation sites is 1. The van der Waals surface area contributed by atoms with Crippen molar-refractivity contribution >= 4 is 31.8 Å². The van der Waals surface area contributed by atoms with Gasteiger partial charge in [0.15, 0.2) is 0 Å². The zero-order valence-corrected chi connectivity index (χ0v) is 10.3. The topological polar surface area (TPSA) is 41.9 Å². The van der Waals surface area contributed by atoms with E-state index in [-0.39, 0.29) is 6.00 Å². The van der Waals surface area contributed by atoms with Crippen LogP contribution in [0.3, 0.4) is 0 Å². The molecule has 1 aromatic rings. The maximum Gasteiger partial charge on any atom is 0.412 e. The molecule has 0 spiro atoms. The average molecular weight is 270 g/mol. The molecule has 0 aliphatic rings. The van der Waals surface area contributed by atoms with Gasteiger partial charge >= 0.3 is 8.60 Å². The molecule has 0 heterocycles. The summed E-state index contributed by atoms with van der Waals surface area (Å²) < 4.78 is 9.98. The highest BCUT2D eigenvalue weighted by Gasteiger charge is 2.13. The van der Waals surface area contributed by atoms with Gasteiger partial charge in [0.25, 0.3) is 0 Å². The second-order valence-electron chi connectivity index (χ2n) is 2.59. The van der Waals surface area contributed by atoms with Gasteiger partial charge in [-0.2, -0.15) is 5.06 Å². The van der Waals surface area contributed by atoms with Crippen molar-refractivity contribution < 1.29 is 14.0 Å². The molecule has 0 fully saturated rings. The fourth-order valence-corrected chi connectivity index (χ4v) is 1.76. The van der Waals surface area contributed by atoms with Gasteiger partial charge in [-0.1, -0.05) is 23.7 Å². The third-order valence-corrected chi connectivity index (χ3v) is 2.81. The minimum absolute atomic E-state index is 0.130. The number of halogens is 2. The summed E-state index contributed by atoms with van der Waals surface area (Å²) in [6.07, 6.45) is 0. The Hall–Kier alpha value is -0.0900. The van der Waals surface area contributed by atoms with Gasteiger partial charge in [-0.05, 0) is 12.1 Å². The predicted molar refractivity (Wildman–Crippen MR) is 60.8 cm³/mol. The molecule has 1 N–H and O–H groups in total. The molecular formula is C8H10Cl2NO3P. The lowest BCUT2D eigenvalue weighted by Crippen LogP contribution is -2.14. The third kappa shape index (κ3) is 4.51. The molecule has 1 rings (SSSR count). The summed E-state index contributed by atoms with van der Waals surface area (Å²) in [6, 6.07) is 6.94. The Morgan fingerprint density at radius 2 is 2.13 bits per heavy atom. The average Bonchev–Trinajstić information content (AvgIpc) is 2.21. The lowest BCUT2D eigenvalue weighted by atomic mass is 10.3. The van der Waals surface area contributed by atoms with E-state index in [4.69, 9.17) is 32.4 Å². The van der Waals surface area contributed by atoms with Crippen molar-refractivity contribution in [2.24, 2.45) is 0 Å². The van der Waals surface area contributed by atoms with Gasteiger partial charge in [0.2, 0.25) is 0 Å². The maximum absolute atomic E-state index is 9.39. The van der Waals surface area contributed by atoms with Crippen LogP contribution in [0.1, 0.15) is 0 Å². The molecule has 0 aliphatic carbocycles. The number of alkyl halides is 1. The Balaban J connectivity index is 2.51. The molecular weight excluding hydrogens is 260 g/mol. The van der Waals surface area contributed by atoms with Gasteiger partial charge < -0.3 is 9.42 Å². The van der Waals surface area contributed by atoms with Crippen LogP contribution in [0.5, 0.6) is 5.75 Å². The van der Waals surface area contributed by atoms with Crippen LogP contribution in [0.25, 0.3) is 0 Å². The summed E-state index contributed by atoms with van der Waals surface area (Å²) in [5, 5.41) is 1.67. The fraction of sp³-hybridized carbons (Fsp3) is 0.250. The van der Waals surface area contributed by atoms with Gasteiger partial charge in [0, 0.05) is 7.05 Å². The van der Waals surface area contributed by atoms with Crippen molar-refractivity contribution in [2.45, 2.75) is 0 Å². The standard InChI is InChI=1S/C8H10Cl2NO3P/c1-11(6-9)14-15(12)13-8-5-3-2-4-7(8)10/h2-5,12H,6H2,1H3. The van der Waals surface area contributed by atoms with E-state index in [1.807, 2.05) is 0 Å². The molecule has 0 saturated carbocycles. The van der Waals surface area contributed by atoms with Crippen molar-refractivity contribution in [1.82, 2.24) is 5.06 Å². The van der Waals surface area contributed by atoms with Crippen LogP contribution in [0.15, 0.2) is 24.3 Å². The van der Waals surface area contributed by atoms with Crippen LogP contribution in [0, 0.1) is 0 Å². The second-order valence-corrected chi connectivity index (χ2v) is 4.06. The first-order chi connectivity index (χ1) is 7.13. The first kappa shape index (κ1) is 13.0. The predicted octanol–water partition coefficient (Wildman–Crippen LogP) is 3.00. The van der Waals surface area contributed by atoms with Gasteiger partial charge in [-0.25, -0.2) is 4.62 Å². The van der Waals surface area contributed by atoms with E-state index >= 15 is 0 Å². The maximum atomic E-state index is 9.39. The van der Waals surface area contributed by atoms with Gasteiger partial charge in [-0.15, -0.1) is 11.6 Å². The van der Waals surface area contributed by atoms with Gasteiger partial charge in [-0.3, -0.25) is 0 Å². The van der Waals surface area contributed by atoms with Crippen molar-refractivity contribution in [2.75, 3.05) is 13.1 Å². The SMILES string of the molecule is CN(CCl)OP(O)Oc1ccccc1Cl.